The Morgan fingerprint density at radius 1 is 1.31 bits per heavy atom. The fraction of sp³-hybridized carbons (Fsp3) is 0.350. The van der Waals surface area contributed by atoms with Crippen LogP contribution in [0, 0.1) is 17.8 Å². The van der Waals surface area contributed by atoms with Gasteiger partial charge in [-0.05, 0) is 24.3 Å². The number of amides is 2. The summed E-state index contributed by atoms with van der Waals surface area (Å²) in [6.45, 7) is 1.34. The number of nitrogens with one attached hydrogen (secondary N) is 1. The minimum absolute atomic E-state index is 0.0906. The van der Waals surface area contributed by atoms with Gasteiger partial charge in [0.05, 0.1) is 17.3 Å². The SMILES string of the molecule is O=C(Nc1cscn1)[C@H]1CC=C[C@H]2CCN(Cc3ccccc3)C(=O)[C@@H]12. The number of likely N-dealkylation sites (tertiary alicyclic amines) is 1. The van der Waals surface area contributed by atoms with E-state index in [0.717, 1.165) is 18.5 Å². The second-order valence-electron chi connectivity index (χ2n) is 6.86. The summed E-state index contributed by atoms with van der Waals surface area (Å²) < 4.78 is 0. The lowest BCUT2D eigenvalue weighted by atomic mass is 9.71. The Hall–Kier alpha value is -2.47. The molecule has 6 heteroatoms. The summed E-state index contributed by atoms with van der Waals surface area (Å²) in [6, 6.07) is 10.0. The van der Waals surface area contributed by atoms with Gasteiger partial charge in [-0.2, -0.15) is 0 Å². The van der Waals surface area contributed by atoms with Gasteiger partial charge in [-0.1, -0.05) is 42.5 Å². The smallest absolute Gasteiger partial charge is 0.229 e. The first-order valence-corrected chi connectivity index (χ1v) is 9.85. The third-order valence-corrected chi connectivity index (χ3v) is 5.82. The highest BCUT2D eigenvalue weighted by Crippen LogP contribution is 2.38. The van der Waals surface area contributed by atoms with Crippen molar-refractivity contribution in [2.75, 3.05) is 11.9 Å². The molecule has 1 fully saturated rings. The van der Waals surface area contributed by atoms with Crippen molar-refractivity contribution in [3.8, 4) is 0 Å². The highest BCUT2D eigenvalue weighted by atomic mass is 32.1. The highest BCUT2D eigenvalue weighted by Gasteiger charge is 2.44. The predicted octanol–water partition coefficient (Wildman–Crippen LogP) is 3.32. The van der Waals surface area contributed by atoms with Crippen molar-refractivity contribution in [2.24, 2.45) is 17.8 Å². The van der Waals surface area contributed by atoms with Gasteiger partial charge in [0.15, 0.2) is 0 Å². The first-order valence-electron chi connectivity index (χ1n) is 8.91. The van der Waals surface area contributed by atoms with E-state index in [1.807, 2.05) is 41.3 Å². The number of benzene rings is 1. The second-order valence-corrected chi connectivity index (χ2v) is 7.58. The van der Waals surface area contributed by atoms with E-state index in [-0.39, 0.29) is 29.6 Å². The number of hydrogen-bond donors (Lipinski definition) is 1. The molecular weight excluding hydrogens is 346 g/mol. The molecule has 1 aliphatic heterocycles. The molecule has 4 rings (SSSR count). The minimum atomic E-state index is -0.335. The minimum Gasteiger partial charge on any atom is -0.338 e. The molecule has 1 aliphatic carbocycles. The molecule has 2 heterocycles. The average molecular weight is 367 g/mol. The molecule has 0 saturated carbocycles. The fourth-order valence-corrected chi connectivity index (χ4v) is 4.43. The normalized spacial score (nSPS) is 25.0. The summed E-state index contributed by atoms with van der Waals surface area (Å²) in [5.74, 6) is 0.0804. The molecule has 26 heavy (non-hydrogen) atoms. The van der Waals surface area contributed by atoms with Crippen LogP contribution in [-0.2, 0) is 16.1 Å². The molecule has 2 aromatic rings. The monoisotopic (exact) mass is 367 g/mol. The van der Waals surface area contributed by atoms with Crippen molar-refractivity contribution >= 4 is 29.0 Å². The number of carbonyl (C=O) groups is 2. The molecule has 134 valence electrons. The van der Waals surface area contributed by atoms with E-state index in [2.05, 4.69) is 16.4 Å². The summed E-state index contributed by atoms with van der Waals surface area (Å²) in [5.41, 5.74) is 2.81. The highest BCUT2D eigenvalue weighted by molar-refractivity contribution is 7.07. The zero-order valence-corrected chi connectivity index (χ0v) is 15.2. The number of piperidine rings is 1. The van der Waals surface area contributed by atoms with Gasteiger partial charge in [-0.3, -0.25) is 9.59 Å². The Morgan fingerprint density at radius 2 is 2.15 bits per heavy atom. The number of aromatic nitrogens is 1. The van der Waals surface area contributed by atoms with Crippen molar-refractivity contribution in [3.63, 3.8) is 0 Å². The van der Waals surface area contributed by atoms with Crippen molar-refractivity contribution in [3.05, 3.63) is 58.9 Å². The molecule has 0 unspecified atom stereocenters. The maximum Gasteiger partial charge on any atom is 0.229 e. The number of rotatable bonds is 4. The summed E-state index contributed by atoms with van der Waals surface area (Å²) in [5, 5.41) is 4.67. The molecule has 1 N–H and O–H groups in total. The number of allylic oxidation sites excluding steroid dienone is 2. The molecule has 0 spiro atoms. The van der Waals surface area contributed by atoms with Crippen molar-refractivity contribution < 1.29 is 9.59 Å². The zero-order chi connectivity index (χ0) is 17.9. The van der Waals surface area contributed by atoms with Gasteiger partial charge in [-0.25, -0.2) is 4.98 Å². The van der Waals surface area contributed by atoms with Crippen molar-refractivity contribution in [1.82, 2.24) is 9.88 Å². The van der Waals surface area contributed by atoms with Gasteiger partial charge in [0.1, 0.15) is 5.82 Å². The van der Waals surface area contributed by atoms with Crippen LogP contribution in [0.1, 0.15) is 18.4 Å². The van der Waals surface area contributed by atoms with Crippen LogP contribution in [0.5, 0.6) is 0 Å². The number of thiazole rings is 1. The van der Waals surface area contributed by atoms with Crippen LogP contribution in [0.4, 0.5) is 5.82 Å². The average Bonchev–Trinajstić information content (AvgIpc) is 3.17. The van der Waals surface area contributed by atoms with Gasteiger partial charge >= 0.3 is 0 Å². The van der Waals surface area contributed by atoms with Crippen LogP contribution < -0.4 is 5.32 Å². The molecule has 5 nitrogen and oxygen atoms in total. The molecule has 2 amide bonds. The first kappa shape index (κ1) is 17.0. The Labute approximate surface area is 156 Å². The number of fused-ring (bicyclic) bond motifs is 1. The third-order valence-electron chi connectivity index (χ3n) is 5.23. The summed E-state index contributed by atoms with van der Waals surface area (Å²) >= 11 is 1.44. The van der Waals surface area contributed by atoms with E-state index in [9.17, 15) is 9.59 Å². The molecule has 1 aromatic carbocycles. The largest absolute Gasteiger partial charge is 0.338 e. The zero-order valence-electron chi connectivity index (χ0n) is 14.4. The van der Waals surface area contributed by atoms with Gasteiger partial charge in [0, 0.05) is 18.5 Å². The van der Waals surface area contributed by atoms with Gasteiger partial charge in [0.25, 0.3) is 0 Å². The Balaban J connectivity index is 1.51. The number of carbonyl (C=O) groups excluding carboxylic acids is 2. The lowest BCUT2D eigenvalue weighted by molar-refractivity contribution is -0.147. The maximum atomic E-state index is 13.2. The third kappa shape index (κ3) is 3.42. The predicted molar refractivity (Wildman–Crippen MR) is 101 cm³/mol. The van der Waals surface area contributed by atoms with Crippen LogP contribution in [0.25, 0.3) is 0 Å². The molecule has 1 saturated heterocycles. The topological polar surface area (TPSA) is 62.3 Å². The van der Waals surface area contributed by atoms with Gasteiger partial charge < -0.3 is 10.2 Å². The van der Waals surface area contributed by atoms with Crippen LogP contribution in [0.2, 0.25) is 0 Å². The molecule has 2 aliphatic rings. The quantitative estimate of drug-likeness (QED) is 0.843. The molecule has 0 radical (unpaired) electrons. The number of hydrogen-bond acceptors (Lipinski definition) is 4. The van der Waals surface area contributed by atoms with Gasteiger partial charge in [-0.15, -0.1) is 11.3 Å². The van der Waals surface area contributed by atoms with E-state index in [4.69, 9.17) is 0 Å². The number of nitrogens with zero attached hydrogens (tertiary/aromatic N) is 2. The Kier molecular flexibility index (Phi) is 4.84. The lowest BCUT2D eigenvalue weighted by Gasteiger charge is -2.41. The summed E-state index contributed by atoms with van der Waals surface area (Å²) in [4.78, 5) is 32.0. The van der Waals surface area contributed by atoms with Crippen LogP contribution in [-0.4, -0.2) is 28.2 Å². The van der Waals surface area contributed by atoms with Crippen molar-refractivity contribution in [1.29, 1.82) is 0 Å². The van der Waals surface area contributed by atoms with E-state index in [1.165, 1.54) is 11.3 Å². The summed E-state index contributed by atoms with van der Waals surface area (Å²) in [7, 11) is 0. The van der Waals surface area contributed by atoms with Crippen LogP contribution in [0.3, 0.4) is 0 Å². The van der Waals surface area contributed by atoms with Gasteiger partial charge in [0.2, 0.25) is 11.8 Å². The van der Waals surface area contributed by atoms with E-state index in [0.29, 0.717) is 18.8 Å². The number of anilines is 1. The van der Waals surface area contributed by atoms with Crippen LogP contribution in [0.15, 0.2) is 53.4 Å². The van der Waals surface area contributed by atoms with Crippen molar-refractivity contribution in [2.45, 2.75) is 19.4 Å². The Morgan fingerprint density at radius 3 is 2.92 bits per heavy atom. The lowest BCUT2D eigenvalue weighted by Crippen LogP contribution is -2.50. The van der Waals surface area contributed by atoms with E-state index in [1.54, 1.807) is 10.9 Å². The van der Waals surface area contributed by atoms with E-state index >= 15 is 0 Å². The summed E-state index contributed by atoms with van der Waals surface area (Å²) in [6.07, 6.45) is 5.67. The molecule has 0 bridgehead atoms. The molecule has 1 aromatic heterocycles. The standard InChI is InChI=1S/C20H21N3O2S/c24-19(22-17-12-26-13-21-17)16-8-4-7-15-9-10-23(20(25)18(15)16)11-14-5-2-1-3-6-14/h1-7,12-13,15-16,18H,8-11H2,(H,22,24)/t15-,16-,18+/m0/s1. The van der Waals surface area contributed by atoms with E-state index < -0.39 is 0 Å². The van der Waals surface area contributed by atoms with Crippen LogP contribution >= 0.6 is 11.3 Å². The first-order chi connectivity index (χ1) is 12.7. The molecular formula is C20H21N3O2S. The Bertz CT molecular complexity index is 804. The molecule has 3 atom stereocenters. The fourth-order valence-electron chi connectivity index (χ4n) is 3.95. The maximum absolute atomic E-state index is 13.2. The second kappa shape index (κ2) is 7.41.